The summed E-state index contributed by atoms with van der Waals surface area (Å²) in [5, 5.41) is 13.6. The number of hydrogen-bond donors (Lipinski definition) is 1. The van der Waals surface area contributed by atoms with Gasteiger partial charge in [0, 0.05) is 6.54 Å². The molecule has 1 aromatic heterocycles. The Balaban J connectivity index is 1.80. The molecule has 1 heterocycles. The quantitative estimate of drug-likeness (QED) is 0.596. The molecule has 15 heavy (non-hydrogen) atoms. The Hall–Kier alpha value is -1.36. The fraction of sp³-hybridized carbons (Fsp3) is 0.600. The summed E-state index contributed by atoms with van der Waals surface area (Å²) in [7, 11) is 0. The second-order valence-electron chi connectivity index (χ2n) is 4.41. The Kier molecular flexibility index (Phi) is 2.48. The largest absolute Gasteiger partial charge is 0.433 e. The Bertz CT molecular complexity index is 368. The summed E-state index contributed by atoms with van der Waals surface area (Å²) < 4.78 is 5.02. The zero-order chi connectivity index (χ0) is 10.9. The molecule has 1 aliphatic rings. The fourth-order valence-corrected chi connectivity index (χ4v) is 1.44. The highest BCUT2D eigenvalue weighted by Gasteiger charge is 2.36. The van der Waals surface area contributed by atoms with Crippen molar-refractivity contribution >= 4 is 5.88 Å². The molecule has 0 amide bonds. The van der Waals surface area contributed by atoms with Gasteiger partial charge < -0.3 is 9.73 Å². The van der Waals surface area contributed by atoms with Crippen LogP contribution in [-0.2, 0) is 6.54 Å². The first-order chi connectivity index (χ1) is 7.09. The van der Waals surface area contributed by atoms with Gasteiger partial charge >= 0.3 is 5.88 Å². The normalized spacial score (nSPS) is 17.7. The maximum Gasteiger partial charge on any atom is 0.433 e. The minimum atomic E-state index is -0.522. The molecule has 0 saturated heterocycles. The van der Waals surface area contributed by atoms with Gasteiger partial charge in [-0.1, -0.05) is 6.92 Å². The number of nitrogens with one attached hydrogen (secondary N) is 1. The van der Waals surface area contributed by atoms with Crippen molar-refractivity contribution in [3.05, 3.63) is 28.0 Å². The van der Waals surface area contributed by atoms with Crippen molar-refractivity contribution in [2.24, 2.45) is 5.41 Å². The average molecular weight is 210 g/mol. The maximum absolute atomic E-state index is 10.3. The van der Waals surface area contributed by atoms with Crippen LogP contribution in [0, 0.1) is 15.5 Å². The van der Waals surface area contributed by atoms with E-state index in [1.807, 2.05) is 0 Å². The van der Waals surface area contributed by atoms with Crippen molar-refractivity contribution in [1.82, 2.24) is 5.32 Å². The molecule has 0 aromatic carbocycles. The van der Waals surface area contributed by atoms with Crippen molar-refractivity contribution in [3.63, 3.8) is 0 Å². The van der Waals surface area contributed by atoms with E-state index >= 15 is 0 Å². The molecule has 5 heteroatoms. The van der Waals surface area contributed by atoms with E-state index < -0.39 is 4.92 Å². The number of nitrogens with zero attached hydrogens (tertiary/aromatic N) is 1. The van der Waals surface area contributed by atoms with E-state index in [1.165, 1.54) is 18.9 Å². The van der Waals surface area contributed by atoms with Crippen LogP contribution >= 0.6 is 0 Å². The van der Waals surface area contributed by atoms with Crippen molar-refractivity contribution in [3.8, 4) is 0 Å². The van der Waals surface area contributed by atoms with Crippen molar-refractivity contribution in [2.45, 2.75) is 26.3 Å². The standard InChI is InChI=1S/C10H14N2O3/c1-10(4-5-10)7-11-6-8-2-3-9(15-8)12(13)14/h2-3,11H,4-7H2,1H3. The van der Waals surface area contributed by atoms with Crippen LogP contribution < -0.4 is 5.32 Å². The first-order valence-electron chi connectivity index (χ1n) is 5.03. The van der Waals surface area contributed by atoms with Gasteiger partial charge in [-0.05, 0) is 24.3 Å². The monoisotopic (exact) mass is 210 g/mol. The number of nitro groups is 1. The van der Waals surface area contributed by atoms with Gasteiger partial charge in [-0.25, -0.2) is 0 Å². The molecule has 5 nitrogen and oxygen atoms in total. The van der Waals surface area contributed by atoms with E-state index in [2.05, 4.69) is 12.2 Å². The minimum Gasteiger partial charge on any atom is -0.404 e. The van der Waals surface area contributed by atoms with E-state index in [-0.39, 0.29) is 5.88 Å². The first kappa shape index (κ1) is 10.2. The molecule has 0 bridgehead atoms. The van der Waals surface area contributed by atoms with Gasteiger partial charge in [-0.15, -0.1) is 0 Å². The average Bonchev–Trinajstić information content (AvgIpc) is 2.74. The summed E-state index contributed by atoms with van der Waals surface area (Å²) >= 11 is 0. The number of hydrogen-bond acceptors (Lipinski definition) is 4. The summed E-state index contributed by atoms with van der Waals surface area (Å²) in [5.74, 6) is 0.426. The lowest BCUT2D eigenvalue weighted by Gasteiger charge is -2.07. The summed E-state index contributed by atoms with van der Waals surface area (Å²) in [5.41, 5.74) is 0.443. The van der Waals surface area contributed by atoms with E-state index in [1.54, 1.807) is 6.07 Å². The third kappa shape index (κ3) is 2.56. The van der Waals surface area contributed by atoms with Gasteiger partial charge in [0.25, 0.3) is 0 Å². The summed E-state index contributed by atoms with van der Waals surface area (Å²) in [6, 6.07) is 3.02. The highest BCUT2D eigenvalue weighted by Crippen LogP contribution is 2.44. The molecule has 1 N–H and O–H groups in total. The SMILES string of the molecule is CC1(CNCc2ccc([N+](=O)[O-])o2)CC1. The van der Waals surface area contributed by atoms with Gasteiger partial charge in [-0.3, -0.25) is 10.1 Å². The van der Waals surface area contributed by atoms with Crippen LogP contribution in [0.3, 0.4) is 0 Å². The van der Waals surface area contributed by atoms with Gasteiger partial charge in [-0.2, -0.15) is 0 Å². The molecule has 0 unspecified atom stereocenters. The van der Waals surface area contributed by atoms with Crippen LogP contribution in [-0.4, -0.2) is 11.5 Å². The van der Waals surface area contributed by atoms with E-state index in [4.69, 9.17) is 4.42 Å². The van der Waals surface area contributed by atoms with Gasteiger partial charge in [0.2, 0.25) is 0 Å². The predicted molar refractivity (Wildman–Crippen MR) is 54.4 cm³/mol. The van der Waals surface area contributed by atoms with Crippen molar-refractivity contribution in [1.29, 1.82) is 0 Å². The fourth-order valence-electron chi connectivity index (χ4n) is 1.44. The molecule has 0 radical (unpaired) electrons. The molecule has 82 valence electrons. The van der Waals surface area contributed by atoms with E-state index in [0.717, 1.165) is 6.54 Å². The van der Waals surface area contributed by atoms with Gasteiger partial charge in [0.05, 0.1) is 12.6 Å². The second kappa shape index (κ2) is 3.66. The third-order valence-corrected chi connectivity index (χ3v) is 2.78. The molecule has 1 fully saturated rings. The van der Waals surface area contributed by atoms with Crippen LogP contribution in [0.1, 0.15) is 25.5 Å². The topological polar surface area (TPSA) is 68.3 Å². The summed E-state index contributed by atoms with van der Waals surface area (Å²) in [4.78, 5) is 9.83. The lowest BCUT2D eigenvalue weighted by atomic mass is 10.1. The Labute approximate surface area is 87.6 Å². The van der Waals surface area contributed by atoms with Crippen LogP contribution in [0.5, 0.6) is 0 Å². The predicted octanol–water partition coefficient (Wildman–Crippen LogP) is 2.08. The van der Waals surface area contributed by atoms with Crippen LogP contribution in [0.25, 0.3) is 0 Å². The van der Waals surface area contributed by atoms with Crippen LogP contribution in [0.2, 0.25) is 0 Å². The second-order valence-corrected chi connectivity index (χ2v) is 4.41. The number of rotatable bonds is 5. The molecule has 0 aliphatic heterocycles. The zero-order valence-electron chi connectivity index (χ0n) is 8.66. The lowest BCUT2D eigenvalue weighted by Crippen LogP contribution is -2.21. The molecular formula is C10H14N2O3. The summed E-state index contributed by atoms with van der Waals surface area (Å²) in [6.07, 6.45) is 2.52. The highest BCUT2D eigenvalue weighted by molar-refractivity contribution is 5.17. The van der Waals surface area contributed by atoms with Gasteiger partial charge in [0.1, 0.15) is 10.7 Å². The third-order valence-electron chi connectivity index (χ3n) is 2.78. The highest BCUT2D eigenvalue weighted by atomic mass is 16.6. The maximum atomic E-state index is 10.3. The van der Waals surface area contributed by atoms with Crippen molar-refractivity contribution < 1.29 is 9.34 Å². The Morgan fingerprint density at radius 3 is 2.87 bits per heavy atom. The zero-order valence-corrected chi connectivity index (χ0v) is 8.66. The summed E-state index contributed by atoms with van der Waals surface area (Å²) in [6.45, 7) is 3.73. The van der Waals surface area contributed by atoms with Gasteiger partial charge in [0.15, 0.2) is 0 Å². The number of furan rings is 1. The molecule has 0 spiro atoms. The minimum absolute atomic E-state index is 0.190. The van der Waals surface area contributed by atoms with E-state index in [0.29, 0.717) is 17.7 Å². The van der Waals surface area contributed by atoms with Crippen LogP contribution in [0.4, 0.5) is 5.88 Å². The first-order valence-corrected chi connectivity index (χ1v) is 5.03. The van der Waals surface area contributed by atoms with Crippen LogP contribution in [0.15, 0.2) is 16.5 Å². The molecule has 1 aliphatic carbocycles. The van der Waals surface area contributed by atoms with E-state index in [9.17, 15) is 10.1 Å². The molecule has 0 atom stereocenters. The molecule has 1 saturated carbocycles. The smallest absolute Gasteiger partial charge is 0.404 e. The Morgan fingerprint density at radius 2 is 2.33 bits per heavy atom. The molecular weight excluding hydrogens is 196 g/mol. The Morgan fingerprint density at radius 1 is 1.60 bits per heavy atom. The molecule has 1 aromatic rings. The van der Waals surface area contributed by atoms with Crippen molar-refractivity contribution in [2.75, 3.05) is 6.54 Å². The molecule has 2 rings (SSSR count). The lowest BCUT2D eigenvalue weighted by molar-refractivity contribution is -0.402.